The van der Waals surface area contributed by atoms with Gasteiger partial charge in [-0.05, 0) is 5.92 Å². The van der Waals surface area contributed by atoms with Crippen molar-refractivity contribution in [2.75, 3.05) is 0 Å². The molecule has 0 atom stereocenters. The number of rotatable bonds is 1. The Kier molecular flexibility index (Phi) is 2.26. The number of allylic oxidation sites excluding steroid dienone is 1. The van der Waals surface area contributed by atoms with Crippen molar-refractivity contribution in [3.63, 3.8) is 0 Å². The van der Waals surface area contributed by atoms with Gasteiger partial charge in [-0.25, -0.2) is 0 Å². The second-order valence-corrected chi connectivity index (χ2v) is 2.09. The quantitative estimate of drug-likeness (QED) is 0.479. The molecule has 0 aromatic heterocycles. The van der Waals surface area contributed by atoms with Gasteiger partial charge in [-0.15, -0.1) is 0 Å². The van der Waals surface area contributed by atoms with Crippen LogP contribution in [0.2, 0.25) is 0 Å². The molecule has 0 amide bonds. The van der Waals surface area contributed by atoms with Crippen molar-refractivity contribution in [2.24, 2.45) is 5.92 Å². The van der Waals surface area contributed by atoms with Gasteiger partial charge in [-0.1, -0.05) is 32.0 Å². The van der Waals surface area contributed by atoms with Crippen molar-refractivity contribution < 1.29 is 0 Å². The summed E-state index contributed by atoms with van der Waals surface area (Å²) >= 11 is 5.42. The lowest BCUT2D eigenvalue weighted by molar-refractivity contribution is 0.816. The molecule has 36 valence electrons. The van der Waals surface area contributed by atoms with Gasteiger partial charge < -0.3 is 0 Å². The molecule has 0 nitrogen and oxygen atoms in total. The zero-order valence-corrected chi connectivity index (χ0v) is 4.92. The van der Waals surface area contributed by atoms with Gasteiger partial charge in [0, 0.05) is 5.03 Å². The zero-order valence-electron chi connectivity index (χ0n) is 4.16. The van der Waals surface area contributed by atoms with Gasteiger partial charge in [0.2, 0.25) is 0 Å². The Morgan fingerprint density at radius 2 is 1.83 bits per heavy atom. The fourth-order valence-electron chi connectivity index (χ4n) is 0. The standard InChI is InChI=1S/C5H9Cl/c1-4(2)5(3)6/h4H,3H2,1-2H3. The molecule has 0 heterocycles. The number of hydrogen-bond acceptors (Lipinski definition) is 0. The lowest BCUT2D eigenvalue weighted by atomic mass is 10.2. The minimum atomic E-state index is 0.423. The monoisotopic (exact) mass is 104 g/mol. The zero-order chi connectivity index (χ0) is 5.15. The van der Waals surface area contributed by atoms with Crippen LogP contribution in [-0.4, -0.2) is 0 Å². The van der Waals surface area contributed by atoms with Crippen molar-refractivity contribution >= 4 is 11.6 Å². The van der Waals surface area contributed by atoms with Crippen molar-refractivity contribution in [3.8, 4) is 0 Å². The summed E-state index contributed by atoms with van der Waals surface area (Å²) in [5.74, 6) is 0.423. The Morgan fingerprint density at radius 1 is 1.67 bits per heavy atom. The van der Waals surface area contributed by atoms with E-state index in [0.717, 1.165) is 5.03 Å². The second-order valence-electron chi connectivity index (χ2n) is 1.60. The summed E-state index contributed by atoms with van der Waals surface area (Å²) in [4.78, 5) is 0. The van der Waals surface area contributed by atoms with Crippen LogP contribution in [0.25, 0.3) is 0 Å². The Bertz CT molecular complexity index is 55.0. The molecule has 0 N–H and O–H groups in total. The minimum Gasteiger partial charge on any atom is -0.0895 e. The molecule has 0 aliphatic carbocycles. The highest BCUT2D eigenvalue weighted by Gasteiger charge is 1.90. The summed E-state index contributed by atoms with van der Waals surface area (Å²) in [7, 11) is 0. The molecule has 0 fully saturated rings. The largest absolute Gasteiger partial charge is 0.0895 e. The normalized spacial score (nSPS) is 9.33. The van der Waals surface area contributed by atoms with Crippen LogP contribution in [0.4, 0.5) is 0 Å². The molecule has 6 heavy (non-hydrogen) atoms. The van der Waals surface area contributed by atoms with Crippen molar-refractivity contribution in [1.29, 1.82) is 0 Å². The summed E-state index contributed by atoms with van der Waals surface area (Å²) in [6, 6.07) is 0. The van der Waals surface area contributed by atoms with Crippen LogP contribution in [0.15, 0.2) is 11.6 Å². The van der Waals surface area contributed by atoms with E-state index in [9.17, 15) is 0 Å². The van der Waals surface area contributed by atoms with Crippen LogP contribution in [0.3, 0.4) is 0 Å². The summed E-state index contributed by atoms with van der Waals surface area (Å²) < 4.78 is 0. The van der Waals surface area contributed by atoms with Crippen LogP contribution in [0, 0.1) is 5.92 Å². The Balaban J connectivity index is 3.26. The first-order valence-electron chi connectivity index (χ1n) is 1.99. The van der Waals surface area contributed by atoms with E-state index in [2.05, 4.69) is 6.58 Å². The van der Waals surface area contributed by atoms with E-state index < -0.39 is 0 Å². The molecule has 0 spiro atoms. The Labute approximate surface area is 43.8 Å². The molecule has 0 rings (SSSR count). The third-order valence-corrected chi connectivity index (χ3v) is 1.06. The van der Waals surface area contributed by atoms with E-state index in [4.69, 9.17) is 11.6 Å². The average Bonchev–Trinajstić information content (AvgIpc) is 1.36. The van der Waals surface area contributed by atoms with Crippen LogP contribution < -0.4 is 0 Å². The molecule has 0 bridgehead atoms. The maximum absolute atomic E-state index is 5.42. The topological polar surface area (TPSA) is 0 Å². The predicted molar refractivity (Wildman–Crippen MR) is 29.8 cm³/mol. The van der Waals surface area contributed by atoms with Gasteiger partial charge in [-0.2, -0.15) is 0 Å². The highest BCUT2D eigenvalue weighted by molar-refractivity contribution is 6.29. The third kappa shape index (κ3) is 2.28. The first kappa shape index (κ1) is 6.03. The SMILES string of the molecule is C=C(Cl)C(C)C. The maximum atomic E-state index is 5.42. The lowest BCUT2D eigenvalue weighted by Gasteiger charge is -1.94. The van der Waals surface area contributed by atoms with Crippen LogP contribution in [0.1, 0.15) is 13.8 Å². The van der Waals surface area contributed by atoms with Crippen molar-refractivity contribution in [3.05, 3.63) is 11.6 Å². The van der Waals surface area contributed by atoms with E-state index in [1.165, 1.54) is 0 Å². The van der Waals surface area contributed by atoms with Crippen molar-refractivity contribution in [1.82, 2.24) is 0 Å². The molecule has 0 aromatic carbocycles. The summed E-state index contributed by atoms with van der Waals surface area (Å²) in [6.45, 7) is 7.54. The fourth-order valence-corrected chi connectivity index (χ4v) is 0. The molecule has 0 aliphatic rings. The molecule has 0 radical (unpaired) electrons. The molecule has 0 aliphatic heterocycles. The molecular formula is C5H9Cl. The minimum absolute atomic E-state index is 0.423. The third-order valence-electron chi connectivity index (χ3n) is 0.626. The Hall–Kier alpha value is 0.0300. The first-order chi connectivity index (χ1) is 2.64. The highest BCUT2D eigenvalue weighted by Crippen LogP contribution is 2.09. The van der Waals surface area contributed by atoms with E-state index in [-0.39, 0.29) is 0 Å². The lowest BCUT2D eigenvalue weighted by Crippen LogP contribution is -1.80. The van der Waals surface area contributed by atoms with E-state index in [1.807, 2.05) is 13.8 Å². The number of hydrogen-bond donors (Lipinski definition) is 0. The van der Waals surface area contributed by atoms with Gasteiger partial charge in [0.25, 0.3) is 0 Å². The molecular weight excluding hydrogens is 95.5 g/mol. The van der Waals surface area contributed by atoms with Gasteiger partial charge in [0.05, 0.1) is 0 Å². The van der Waals surface area contributed by atoms with Crippen LogP contribution in [0.5, 0.6) is 0 Å². The van der Waals surface area contributed by atoms with Gasteiger partial charge >= 0.3 is 0 Å². The molecule has 0 saturated carbocycles. The Morgan fingerprint density at radius 3 is 1.83 bits per heavy atom. The second kappa shape index (κ2) is 2.25. The molecule has 0 aromatic rings. The smallest absolute Gasteiger partial charge is 0.0134 e. The summed E-state index contributed by atoms with van der Waals surface area (Å²) in [6.07, 6.45) is 0. The first-order valence-corrected chi connectivity index (χ1v) is 2.36. The molecule has 0 saturated heterocycles. The molecule has 1 heteroatoms. The average molecular weight is 105 g/mol. The van der Waals surface area contributed by atoms with Gasteiger partial charge in [-0.3, -0.25) is 0 Å². The van der Waals surface area contributed by atoms with E-state index >= 15 is 0 Å². The fraction of sp³-hybridized carbons (Fsp3) is 0.600. The van der Waals surface area contributed by atoms with Crippen LogP contribution >= 0.6 is 11.6 Å². The van der Waals surface area contributed by atoms with E-state index in [1.54, 1.807) is 0 Å². The predicted octanol–water partition coefficient (Wildman–Crippen LogP) is 2.39. The highest BCUT2D eigenvalue weighted by atomic mass is 35.5. The van der Waals surface area contributed by atoms with Gasteiger partial charge in [0.1, 0.15) is 0 Å². The van der Waals surface area contributed by atoms with E-state index in [0.29, 0.717) is 5.92 Å². The molecule has 0 unspecified atom stereocenters. The maximum Gasteiger partial charge on any atom is 0.0134 e. The summed E-state index contributed by atoms with van der Waals surface area (Å²) in [5.41, 5.74) is 0. The summed E-state index contributed by atoms with van der Waals surface area (Å²) in [5, 5.41) is 0.731. The van der Waals surface area contributed by atoms with Crippen LogP contribution in [-0.2, 0) is 0 Å². The van der Waals surface area contributed by atoms with Gasteiger partial charge in [0.15, 0.2) is 0 Å². The number of halogens is 1. The van der Waals surface area contributed by atoms with Crippen molar-refractivity contribution in [2.45, 2.75) is 13.8 Å².